The number of fused-ring (bicyclic) bond motifs is 1. The van der Waals surface area contributed by atoms with Gasteiger partial charge in [-0.3, -0.25) is 0 Å². The van der Waals surface area contributed by atoms with E-state index in [1.165, 1.54) is 5.56 Å². The van der Waals surface area contributed by atoms with Crippen molar-refractivity contribution >= 4 is 22.8 Å². The van der Waals surface area contributed by atoms with Crippen LogP contribution in [0.5, 0.6) is 11.5 Å². The van der Waals surface area contributed by atoms with Gasteiger partial charge in [0.25, 0.3) is 0 Å². The van der Waals surface area contributed by atoms with E-state index in [2.05, 4.69) is 34.3 Å². The van der Waals surface area contributed by atoms with E-state index in [0.29, 0.717) is 50.9 Å². The summed E-state index contributed by atoms with van der Waals surface area (Å²) in [4.78, 5) is 25.6. The van der Waals surface area contributed by atoms with Crippen molar-refractivity contribution in [3.63, 3.8) is 0 Å². The van der Waals surface area contributed by atoms with Gasteiger partial charge < -0.3 is 29.3 Å². The Labute approximate surface area is 211 Å². The molecule has 0 radical (unpaired) electrons. The average Bonchev–Trinajstić information content (AvgIpc) is 2.94. The molecule has 1 N–H and O–H groups in total. The van der Waals surface area contributed by atoms with Gasteiger partial charge >= 0.3 is 6.03 Å². The molecule has 9 heteroatoms. The number of aromatic nitrogens is 2. The van der Waals surface area contributed by atoms with E-state index in [4.69, 9.17) is 14.2 Å². The number of hydrogen-bond acceptors (Lipinski definition) is 7. The second-order valence-electron chi connectivity index (χ2n) is 9.21. The highest BCUT2D eigenvalue weighted by Crippen LogP contribution is 2.36. The van der Waals surface area contributed by atoms with Crippen LogP contribution in [-0.4, -0.2) is 78.4 Å². The maximum atomic E-state index is 12.8. The maximum absolute atomic E-state index is 12.8. The molecule has 36 heavy (non-hydrogen) atoms. The van der Waals surface area contributed by atoms with Crippen molar-refractivity contribution in [1.29, 1.82) is 0 Å². The number of anilines is 1. The normalized spacial score (nSPS) is 17.6. The molecule has 2 aliphatic heterocycles. The standard InChI is InChI=1S/C27H33N5O4/c1-19(20-6-4-3-5-7-20)30-26-22-16-25(24(34-2)17-23(22)28-18-29-26)36-21-8-10-31(11-9-21)27(33)32-12-14-35-15-13-32/h3-7,16-19,21H,8-15H2,1-2H3,(H,28,29,30)/t19-/m1/s1. The van der Waals surface area contributed by atoms with Gasteiger partial charge in [0.05, 0.1) is 25.8 Å². The van der Waals surface area contributed by atoms with Crippen molar-refractivity contribution in [3.05, 3.63) is 54.4 Å². The van der Waals surface area contributed by atoms with Crippen molar-refractivity contribution in [1.82, 2.24) is 19.8 Å². The lowest BCUT2D eigenvalue weighted by atomic mass is 10.1. The number of rotatable bonds is 6. The SMILES string of the molecule is COc1cc2ncnc(N[C@H](C)c3ccccc3)c2cc1OC1CCN(C(=O)N2CCOCC2)CC1. The minimum absolute atomic E-state index is 0.00521. The average molecular weight is 492 g/mol. The molecule has 0 bridgehead atoms. The topological polar surface area (TPSA) is 89.1 Å². The molecular weight excluding hydrogens is 458 g/mol. The van der Waals surface area contributed by atoms with E-state index in [9.17, 15) is 4.79 Å². The van der Waals surface area contributed by atoms with E-state index in [1.807, 2.05) is 40.1 Å². The Hall–Kier alpha value is -3.59. The molecule has 2 saturated heterocycles. The van der Waals surface area contributed by atoms with E-state index in [-0.39, 0.29) is 18.2 Å². The highest BCUT2D eigenvalue weighted by Gasteiger charge is 2.28. The lowest BCUT2D eigenvalue weighted by Crippen LogP contribution is -2.51. The molecule has 0 unspecified atom stereocenters. The molecule has 1 aromatic heterocycles. The van der Waals surface area contributed by atoms with Gasteiger partial charge in [-0.2, -0.15) is 0 Å². The molecule has 0 saturated carbocycles. The summed E-state index contributed by atoms with van der Waals surface area (Å²) >= 11 is 0. The third-order valence-corrected chi connectivity index (χ3v) is 6.86. The molecule has 5 rings (SSSR count). The number of likely N-dealkylation sites (tertiary alicyclic amines) is 1. The van der Waals surface area contributed by atoms with Crippen molar-refractivity contribution in [3.8, 4) is 11.5 Å². The van der Waals surface area contributed by atoms with Gasteiger partial charge in [-0.15, -0.1) is 0 Å². The molecular formula is C27H33N5O4. The van der Waals surface area contributed by atoms with Gasteiger partial charge in [-0.1, -0.05) is 30.3 Å². The Kier molecular flexibility index (Phi) is 7.36. The fraction of sp³-hybridized carbons (Fsp3) is 0.444. The van der Waals surface area contributed by atoms with Gasteiger partial charge in [-0.25, -0.2) is 14.8 Å². The number of nitrogens with one attached hydrogen (secondary N) is 1. The smallest absolute Gasteiger partial charge is 0.320 e. The van der Waals surface area contributed by atoms with Gasteiger partial charge in [0.1, 0.15) is 18.2 Å². The van der Waals surface area contributed by atoms with Crippen LogP contribution in [0.1, 0.15) is 31.4 Å². The fourth-order valence-electron chi connectivity index (χ4n) is 4.76. The summed E-state index contributed by atoms with van der Waals surface area (Å²) in [5.74, 6) is 2.04. The third-order valence-electron chi connectivity index (χ3n) is 6.86. The van der Waals surface area contributed by atoms with Gasteiger partial charge in [0.15, 0.2) is 11.5 Å². The second kappa shape index (κ2) is 11.0. The number of urea groups is 1. The zero-order valence-corrected chi connectivity index (χ0v) is 20.9. The Morgan fingerprint density at radius 3 is 2.47 bits per heavy atom. The van der Waals surface area contributed by atoms with Crippen LogP contribution < -0.4 is 14.8 Å². The molecule has 2 aliphatic rings. The van der Waals surface area contributed by atoms with Crippen molar-refractivity contribution in [2.24, 2.45) is 0 Å². The molecule has 0 spiro atoms. The van der Waals surface area contributed by atoms with Crippen molar-refractivity contribution < 1.29 is 19.0 Å². The summed E-state index contributed by atoms with van der Waals surface area (Å²) < 4.78 is 17.4. The summed E-state index contributed by atoms with van der Waals surface area (Å²) in [6.07, 6.45) is 3.08. The van der Waals surface area contributed by atoms with E-state index < -0.39 is 0 Å². The van der Waals surface area contributed by atoms with E-state index in [0.717, 1.165) is 29.6 Å². The molecule has 2 fully saturated rings. The molecule has 2 aromatic carbocycles. The molecule has 9 nitrogen and oxygen atoms in total. The first-order valence-electron chi connectivity index (χ1n) is 12.5. The Bertz CT molecular complexity index is 1180. The second-order valence-corrected chi connectivity index (χ2v) is 9.21. The quantitative estimate of drug-likeness (QED) is 0.555. The maximum Gasteiger partial charge on any atom is 0.320 e. The fourth-order valence-corrected chi connectivity index (χ4v) is 4.76. The number of carbonyl (C=O) groups excluding carboxylic acids is 1. The van der Waals surface area contributed by atoms with Crippen molar-refractivity contribution in [2.75, 3.05) is 51.8 Å². The number of piperidine rings is 1. The lowest BCUT2D eigenvalue weighted by Gasteiger charge is -2.37. The minimum atomic E-state index is -0.00521. The van der Waals surface area contributed by atoms with Crippen LogP contribution in [0.2, 0.25) is 0 Å². The van der Waals surface area contributed by atoms with Crippen LogP contribution in [0.3, 0.4) is 0 Å². The monoisotopic (exact) mass is 491 g/mol. The molecule has 3 heterocycles. The highest BCUT2D eigenvalue weighted by atomic mass is 16.5. The van der Waals surface area contributed by atoms with Crippen LogP contribution in [-0.2, 0) is 4.74 Å². The zero-order chi connectivity index (χ0) is 24.9. The summed E-state index contributed by atoms with van der Waals surface area (Å²) in [6, 6.07) is 14.3. The number of ether oxygens (including phenoxy) is 3. The van der Waals surface area contributed by atoms with Crippen LogP contribution in [0, 0.1) is 0 Å². The van der Waals surface area contributed by atoms with Crippen LogP contribution >= 0.6 is 0 Å². The number of benzene rings is 2. The van der Waals surface area contributed by atoms with Crippen LogP contribution in [0.25, 0.3) is 10.9 Å². The molecule has 0 aliphatic carbocycles. The van der Waals surface area contributed by atoms with Crippen molar-refractivity contribution in [2.45, 2.75) is 31.9 Å². The third kappa shape index (κ3) is 5.31. The predicted octanol–water partition coefficient (Wildman–Crippen LogP) is 4.11. The molecule has 2 amide bonds. The van der Waals surface area contributed by atoms with E-state index >= 15 is 0 Å². The summed E-state index contributed by atoms with van der Waals surface area (Å²) in [7, 11) is 1.63. The van der Waals surface area contributed by atoms with Crippen LogP contribution in [0.4, 0.5) is 10.6 Å². The first-order valence-corrected chi connectivity index (χ1v) is 12.5. The summed E-state index contributed by atoms with van der Waals surface area (Å²) in [5.41, 5.74) is 1.95. The lowest BCUT2D eigenvalue weighted by molar-refractivity contribution is 0.0359. The van der Waals surface area contributed by atoms with Crippen LogP contribution in [0.15, 0.2) is 48.8 Å². The first-order chi connectivity index (χ1) is 17.6. The number of amides is 2. The summed E-state index contributed by atoms with van der Waals surface area (Å²) in [6.45, 7) is 5.98. The predicted molar refractivity (Wildman–Crippen MR) is 138 cm³/mol. The summed E-state index contributed by atoms with van der Waals surface area (Å²) in [5, 5.41) is 4.39. The largest absolute Gasteiger partial charge is 0.493 e. The van der Waals surface area contributed by atoms with E-state index in [1.54, 1.807) is 13.4 Å². The first kappa shape index (κ1) is 24.1. The number of nitrogens with zero attached hydrogens (tertiary/aromatic N) is 4. The number of hydrogen-bond donors (Lipinski definition) is 1. The molecule has 3 aromatic rings. The Morgan fingerprint density at radius 2 is 1.75 bits per heavy atom. The number of carbonyl (C=O) groups is 1. The number of methoxy groups -OCH3 is 1. The highest BCUT2D eigenvalue weighted by molar-refractivity contribution is 5.91. The van der Waals surface area contributed by atoms with Gasteiger partial charge in [0.2, 0.25) is 0 Å². The van der Waals surface area contributed by atoms with Gasteiger partial charge in [-0.05, 0) is 18.6 Å². The Balaban J connectivity index is 1.29. The number of morpholine rings is 1. The zero-order valence-electron chi connectivity index (χ0n) is 20.9. The Morgan fingerprint density at radius 1 is 1.03 bits per heavy atom. The molecule has 190 valence electrons. The van der Waals surface area contributed by atoms with Gasteiger partial charge in [0, 0.05) is 56.5 Å². The minimum Gasteiger partial charge on any atom is -0.493 e. The molecule has 1 atom stereocenters.